The number of hydrogen-bond acceptors (Lipinski definition) is 4. The van der Waals surface area contributed by atoms with E-state index in [4.69, 9.17) is 5.73 Å². The van der Waals surface area contributed by atoms with Crippen LogP contribution in [0.5, 0.6) is 0 Å². The van der Waals surface area contributed by atoms with Crippen molar-refractivity contribution in [2.24, 2.45) is 5.73 Å². The first kappa shape index (κ1) is 18.7. The maximum atomic E-state index is 12.2. The van der Waals surface area contributed by atoms with Crippen molar-refractivity contribution in [3.8, 4) is 5.69 Å². The highest BCUT2D eigenvalue weighted by Crippen LogP contribution is 2.22. The van der Waals surface area contributed by atoms with Crippen LogP contribution in [-0.2, 0) is 4.79 Å². The summed E-state index contributed by atoms with van der Waals surface area (Å²) >= 11 is 1.36. The Hall–Kier alpha value is -3.06. The summed E-state index contributed by atoms with van der Waals surface area (Å²) in [5, 5.41) is 3.55. The van der Waals surface area contributed by atoms with Crippen LogP contribution in [0, 0.1) is 13.8 Å². The minimum Gasteiger partial charge on any atom is -0.366 e. The number of thioether (sulfide) groups is 1. The Morgan fingerprint density at radius 3 is 2.52 bits per heavy atom. The van der Waals surface area contributed by atoms with Crippen molar-refractivity contribution < 1.29 is 9.59 Å². The molecule has 0 bridgehead atoms. The van der Waals surface area contributed by atoms with Crippen LogP contribution in [0.2, 0.25) is 0 Å². The fourth-order valence-corrected chi connectivity index (χ4v) is 3.29. The van der Waals surface area contributed by atoms with Crippen molar-refractivity contribution in [3.63, 3.8) is 0 Å². The molecule has 1 aromatic heterocycles. The van der Waals surface area contributed by atoms with E-state index in [2.05, 4.69) is 36.3 Å². The summed E-state index contributed by atoms with van der Waals surface area (Å²) in [6, 6.07) is 12.7. The highest BCUT2D eigenvalue weighted by molar-refractivity contribution is 7.99. The molecule has 0 fully saturated rings. The van der Waals surface area contributed by atoms with E-state index in [0.717, 1.165) is 10.8 Å². The minimum atomic E-state index is -0.499. The van der Waals surface area contributed by atoms with Crippen molar-refractivity contribution in [2.75, 3.05) is 11.1 Å². The Balaban J connectivity index is 1.63. The molecule has 3 N–H and O–H groups in total. The Bertz CT molecular complexity index is 980. The van der Waals surface area contributed by atoms with Gasteiger partial charge in [-0.05, 0) is 61.4 Å². The number of aromatic nitrogens is 2. The van der Waals surface area contributed by atoms with Crippen LogP contribution < -0.4 is 11.1 Å². The number of hydrogen-bond donors (Lipinski definition) is 2. The number of imidazole rings is 1. The van der Waals surface area contributed by atoms with Gasteiger partial charge in [0.15, 0.2) is 5.16 Å². The predicted octanol–water partition coefficient (Wildman–Crippen LogP) is 3.32. The molecule has 0 unspecified atom stereocenters. The van der Waals surface area contributed by atoms with Crippen LogP contribution in [0.1, 0.15) is 21.5 Å². The van der Waals surface area contributed by atoms with Crippen LogP contribution in [-0.4, -0.2) is 27.1 Å². The van der Waals surface area contributed by atoms with Crippen molar-refractivity contribution in [1.29, 1.82) is 0 Å². The fourth-order valence-electron chi connectivity index (χ4n) is 2.51. The number of benzene rings is 2. The lowest BCUT2D eigenvalue weighted by Crippen LogP contribution is -2.15. The van der Waals surface area contributed by atoms with Gasteiger partial charge in [-0.3, -0.25) is 14.2 Å². The van der Waals surface area contributed by atoms with Crippen molar-refractivity contribution >= 4 is 29.3 Å². The van der Waals surface area contributed by atoms with E-state index in [1.165, 1.54) is 22.9 Å². The lowest BCUT2D eigenvalue weighted by molar-refractivity contribution is -0.113. The molecule has 0 aliphatic carbocycles. The second kappa shape index (κ2) is 8.09. The molecule has 2 aromatic carbocycles. The molecule has 7 heteroatoms. The molecule has 2 amide bonds. The lowest BCUT2D eigenvalue weighted by Gasteiger charge is -2.10. The van der Waals surface area contributed by atoms with Gasteiger partial charge in [-0.2, -0.15) is 0 Å². The normalized spacial score (nSPS) is 10.6. The number of aryl methyl sites for hydroxylation is 2. The summed E-state index contributed by atoms with van der Waals surface area (Å²) in [5.74, 6) is -0.428. The van der Waals surface area contributed by atoms with E-state index in [1.807, 2.05) is 16.8 Å². The van der Waals surface area contributed by atoms with Gasteiger partial charge in [-0.1, -0.05) is 17.8 Å². The molecule has 3 rings (SSSR count). The van der Waals surface area contributed by atoms with Crippen LogP contribution in [0.25, 0.3) is 5.69 Å². The number of nitrogens with zero attached hydrogens (tertiary/aromatic N) is 2. The quantitative estimate of drug-likeness (QED) is 0.642. The third-order valence-electron chi connectivity index (χ3n) is 4.16. The van der Waals surface area contributed by atoms with Crippen molar-refractivity contribution in [2.45, 2.75) is 19.0 Å². The van der Waals surface area contributed by atoms with Crippen molar-refractivity contribution in [3.05, 3.63) is 71.5 Å². The highest BCUT2D eigenvalue weighted by atomic mass is 32.2. The molecule has 0 aliphatic heterocycles. The highest BCUT2D eigenvalue weighted by Gasteiger charge is 2.10. The summed E-state index contributed by atoms with van der Waals surface area (Å²) < 4.78 is 1.96. The van der Waals surface area contributed by atoms with Gasteiger partial charge in [0.05, 0.1) is 5.75 Å². The van der Waals surface area contributed by atoms with Crippen molar-refractivity contribution in [1.82, 2.24) is 9.55 Å². The van der Waals surface area contributed by atoms with Crippen LogP contribution in [0.4, 0.5) is 5.69 Å². The average Bonchev–Trinajstić information content (AvgIpc) is 3.11. The molecule has 0 spiro atoms. The molecule has 27 heavy (non-hydrogen) atoms. The molecule has 138 valence electrons. The summed E-state index contributed by atoms with van der Waals surface area (Å²) in [6.07, 6.45) is 3.60. The maximum Gasteiger partial charge on any atom is 0.248 e. The van der Waals surface area contributed by atoms with Gasteiger partial charge in [0.25, 0.3) is 0 Å². The topological polar surface area (TPSA) is 90.0 Å². The Kier molecular flexibility index (Phi) is 5.61. The largest absolute Gasteiger partial charge is 0.366 e. The number of anilines is 1. The van der Waals surface area contributed by atoms with Gasteiger partial charge in [0, 0.05) is 29.3 Å². The zero-order valence-electron chi connectivity index (χ0n) is 15.1. The first-order valence-corrected chi connectivity index (χ1v) is 9.36. The van der Waals surface area contributed by atoms with Gasteiger partial charge >= 0.3 is 0 Å². The first-order valence-electron chi connectivity index (χ1n) is 8.37. The molecule has 3 aromatic rings. The third-order valence-corrected chi connectivity index (χ3v) is 5.13. The molecule has 0 saturated carbocycles. The molecular weight excluding hydrogens is 360 g/mol. The SMILES string of the molecule is Cc1ccc(-n2ccnc2SCC(=O)Nc2ccc(C(N)=O)cc2)cc1C. The van der Waals surface area contributed by atoms with Crippen LogP contribution in [0.15, 0.2) is 60.0 Å². The van der Waals surface area contributed by atoms with Gasteiger partial charge < -0.3 is 11.1 Å². The van der Waals surface area contributed by atoms with E-state index in [1.54, 1.807) is 30.5 Å². The molecule has 6 nitrogen and oxygen atoms in total. The number of rotatable bonds is 6. The molecule has 1 heterocycles. The number of nitrogens with one attached hydrogen (secondary N) is 1. The first-order chi connectivity index (χ1) is 12.9. The number of primary amides is 1. The minimum absolute atomic E-state index is 0.151. The van der Waals surface area contributed by atoms with E-state index in [9.17, 15) is 9.59 Å². The Morgan fingerprint density at radius 1 is 1.11 bits per heavy atom. The molecule has 0 aliphatic rings. The van der Waals surface area contributed by atoms with E-state index >= 15 is 0 Å². The number of amides is 2. The molecule has 0 saturated heterocycles. The molecular formula is C20H20N4O2S. The van der Waals surface area contributed by atoms with Gasteiger partial charge in [0.2, 0.25) is 11.8 Å². The van der Waals surface area contributed by atoms with Crippen LogP contribution in [0.3, 0.4) is 0 Å². The second-order valence-corrected chi connectivity index (χ2v) is 7.07. The zero-order chi connectivity index (χ0) is 19.4. The van der Waals surface area contributed by atoms with E-state index < -0.39 is 5.91 Å². The maximum absolute atomic E-state index is 12.2. The third kappa shape index (κ3) is 4.57. The molecule has 0 atom stereocenters. The summed E-state index contributed by atoms with van der Waals surface area (Å²) in [7, 11) is 0. The Labute approximate surface area is 161 Å². The summed E-state index contributed by atoms with van der Waals surface area (Å²) in [5.41, 5.74) is 9.67. The molecule has 0 radical (unpaired) electrons. The Morgan fingerprint density at radius 2 is 1.85 bits per heavy atom. The number of carbonyl (C=O) groups is 2. The van der Waals surface area contributed by atoms with Gasteiger partial charge in [-0.25, -0.2) is 4.98 Å². The number of carbonyl (C=O) groups excluding carboxylic acids is 2. The summed E-state index contributed by atoms with van der Waals surface area (Å²) in [6.45, 7) is 4.14. The average molecular weight is 380 g/mol. The van der Waals surface area contributed by atoms with E-state index in [0.29, 0.717) is 11.3 Å². The predicted molar refractivity (Wildman–Crippen MR) is 107 cm³/mol. The lowest BCUT2D eigenvalue weighted by atomic mass is 10.1. The van der Waals surface area contributed by atoms with Crippen LogP contribution >= 0.6 is 11.8 Å². The smallest absolute Gasteiger partial charge is 0.248 e. The standard InChI is InChI=1S/C20H20N4O2S/c1-13-3-8-17(11-14(13)2)24-10-9-22-20(24)27-12-18(25)23-16-6-4-15(5-7-16)19(21)26/h3-11H,12H2,1-2H3,(H2,21,26)(H,23,25). The zero-order valence-corrected chi connectivity index (χ0v) is 15.9. The second-order valence-electron chi connectivity index (χ2n) is 6.13. The van der Waals surface area contributed by atoms with E-state index in [-0.39, 0.29) is 11.7 Å². The summed E-state index contributed by atoms with van der Waals surface area (Å²) in [4.78, 5) is 27.6. The monoisotopic (exact) mass is 380 g/mol. The fraction of sp³-hybridized carbons (Fsp3) is 0.150. The van der Waals surface area contributed by atoms with Gasteiger partial charge in [-0.15, -0.1) is 0 Å². The number of nitrogens with two attached hydrogens (primary N) is 1. The van der Waals surface area contributed by atoms with Gasteiger partial charge in [0.1, 0.15) is 0 Å².